The Morgan fingerprint density at radius 2 is 1.83 bits per heavy atom. The van der Waals surface area contributed by atoms with E-state index in [0.717, 1.165) is 0 Å². The summed E-state index contributed by atoms with van der Waals surface area (Å²) in [5.41, 5.74) is 2.87. The van der Waals surface area contributed by atoms with Crippen molar-refractivity contribution in [1.82, 2.24) is 4.57 Å². The molecule has 0 atom stereocenters. The van der Waals surface area contributed by atoms with Crippen LogP contribution in [0.3, 0.4) is 0 Å². The Bertz CT molecular complexity index is 292. The second kappa shape index (κ2) is 2.91. The molecule has 0 amide bonds. The van der Waals surface area contributed by atoms with Gasteiger partial charge in [-0.2, -0.15) is 0 Å². The maximum Gasteiger partial charge on any atom is 0.0392 e. The van der Waals surface area contributed by atoms with Crippen LogP contribution in [-0.2, 0) is 12.5 Å². The summed E-state index contributed by atoms with van der Waals surface area (Å²) in [6.45, 7) is 8.81. The third-order valence-electron chi connectivity index (χ3n) is 2.14. The monoisotopic (exact) mass is 229 g/mol. The van der Waals surface area contributed by atoms with Gasteiger partial charge in [0.05, 0.1) is 0 Å². The average molecular weight is 230 g/mol. The molecule has 1 aromatic rings. The van der Waals surface area contributed by atoms with Crippen LogP contribution in [0.5, 0.6) is 0 Å². The smallest absolute Gasteiger partial charge is 0.0392 e. The van der Waals surface area contributed by atoms with Gasteiger partial charge < -0.3 is 4.57 Å². The molecule has 12 heavy (non-hydrogen) atoms. The zero-order valence-electron chi connectivity index (χ0n) is 8.40. The summed E-state index contributed by atoms with van der Waals surface area (Å²) >= 11 is 3.58. The maximum absolute atomic E-state index is 3.58. The van der Waals surface area contributed by atoms with Crippen molar-refractivity contribution in [2.75, 3.05) is 0 Å². The minimum atomic E-state index is 0.210. The zero-order valence-corrected chi connectivity index (χ0v) is 9.99. The van der Waals surface area contributed by atoms with Gasteiger partial charge in [-0.25, -0.2) is 0 Å². The van der Waals surface area contributed by atoms with Crippen LogP contribution < -0.4 is 0 Å². The Morgan fingerprint density at radius 1 is 1.33 bits per heavy atom. The molecule has 0 unspecified atom stereocenters. The Labute approximate surface area is 82.9 Å². The van der Waals surface area contributed by atoms with Gasteiger partial charge in [-0.05, 0) is 28.9 Å². The molecular formula is C10H16BrN. The van der Waals surface area contributed by atoms with Gasteiger partial charge in [0.25, 0.3) is 0 Å². The molecule has 1 aromatic heterocycles. The highest BCUT2D eigenvalue weighted by Gasteiger charge is 2.21. The molecule has 0 radical (unpaired) electrons. The Kier molecular flexibility index (Phi) is 2.39. The van der Waals surface area contributed by atoms with Crippen molar-refractivity contribution in [3.63, 3.8) is 0 Å². The fraction of sp³-hybridized carbons (Fsp3) is 0.600. The van der Waals surface area contributed by atoms with Crippen LogP contribution in [0.25, 0.3) is 0 Å². The number of aromatic nitrogens is 1. The van der Waals surface area contributed by atoms with Gasteiger partial charge in [0.2, 0.25) is 0 Å². The van der Waals surface area contributed by atoms with E-state index in [0.29, 0.717) is 0 Å². The molecule has 68 valence electrons. The van der Waals surface area contributed by atoms with E-state index in [1.807, 2.05) is 0 Å². The lowest BCUT2D eigenvalue weighted by Crippen LogP contribution is -2.16. The number of hydrogen-bond acceptors (Lipinski definition) is 0. The molecule has 2 heteroatoms. The topological polar surface area (TPSA) is 4.93 Å². The predicted octanol–water partition coefficient (Wildman–Crippen LogP) is 3.39. The summed E-state index contributed by atoms with van der Waals surface area (Å²) in [5, 5.41) is 0. The Morgan fingerprint density at radius 3 is 2.00 bits per heavy atom. The van der Waals surface area contributed by atoms with E-state index in [4.69, 9.17) is 0 Å². The maximum atomic E-state index is 3.58. The normalized spacial score (nSPS) is 12.2. The predicted molar refractivity (Wildman–Crippen MR) is 56.6 cm³/mol. The lowest BCUT2D eigenvalue weighted by atomic mass is 9.92. The number of rotatable bonds is 0. The van der Waals surface area contributed by atoms with Gasteiger partial charge in [0.15, 0.2) is 0 Å². The van der Waals surface area contributed by atoms with Gasteiger partial charge in [-0.3, -0.25) is 0 Å². The first kappa shape index (κ1) is 9.85. The molecule has 0 aliphatic carbocycles. The Hall–Kier alpha value is -0.240. The highest BCUT2D eigenvalue weighted by molar-refractivity contribution is 9.10. The van der Waals surface area contributed by atoms with Crippen LogP contribution in [-0.4, -0.2) is 4.57 Å². The molecule has 0 aliphatic heterocycles. The third-order valence-corrected chi connectivity index (χ3v) is 2.74. The van der Waals surface area contributed by atoms with Crippen molar-refractivity contribution in [2.45, 2.75) is 33.1 Å². The van der Waals surface area contributed by atoms with Crippen molar-refractivity contribution < 1.29 is 0 Å². The van der Waals surface area contributed by atoms with Crippen LogP contribution in [0.4, 0.5) is 0 Å². The largest absolute Gasteiger partial charge is 0.350 e. The number of aryl methyl sites for hydroxylation is 1. The lowest BCUT2D eigenvalue weighted by molar-refractivity contribution is 0.537. The van der Waals surface area contributed by atoms with E-state index < -0.39 is 0 Å². The van der Waals surface area contributed by atoms with Crippen LogP contribution in [0.2, 0.25) is 0 Å². The van der Waals surface area contributed by atoms with Crippen LogP contribution in [0, 0.1) is 6.92 Å². The summed E-state index contributed by atoms with van der Waals surface area (Å²) in [6, 6.07) is 2.17. The van der Waals surface area contributed by atoms with Gasteiger partial charge in [-0.15, -0.1) is 0 Å². The van der Waals surface area contributed by atoms with Crippen molar-refractivity contribution in [3.8, 4) is 0 Å². The van der Waals surface area contributed by atoms with Gasteiger partial charge in [0.1, 0.15) is 0 Å². The second-order valence-corrected chi connectivity index (χ2v) is 5.15. The molecule has 1 heterocycles. The number of hydrogen-bond donors (Lipinski definition) is 0. The summed E-state index contributed by atoms with van der Waals surface area (Å²) in [6.07, 6.45) is 0. The van der Waals surface area contributed by atoms with Crippen molar-refractivity contribution in [1.29, 1.82) is 0 Å². The molecule has 1 nitrogen and oxygen atoms in total. The first-order valence-corrected chi connectivity index (χ1v) is 4.95. The molecular weight excluding hydrogens is 214 g/mol. The standard InChI is InChI=1S/C10H16BrN/c1-7-6-8(11)9(12(7)5)10(2,3)4/h6H,1-5H3. The molecule has 1 rings (SSSR count). The van der Waals surface area contributed by atoms with E-state index in [1.54, 1.807) is 0 Å². The molecule has 0 spiro atoms. The number of nitrogens with zero attached hydrogens (tertiary/aromatic N) is 1. The fourth-order valence-corrected chi connectivity index (χ4v) is 2.74. The van der Waals surface area contributed by atoms with Crippen molar-refractivity contribution >= 4 is 15.9 Å². The lowest BCUT2D eigenvalue weighted by Gasteiger charge is -2.21. The SMILES string of the molecule is Cc1cc(Br)c(C(C)(C)C)n1C. The highest BCUT2D eigenvalue weighted by atomic mass is 79.9. The minimum absolute atomic E-state index is 0.210. The van der Waals surface area contributed by atoms with E-state index in [2.05, 4.69) is 61.3 Å². The molecule has 0 fully saturated rings. The quantitative estimate of drug-likeness (QED) is 0.643. The molecule has 0 saturated heterocycles. The molecule has 0 saturated carbocycles. The van der Waals surface area contributed by atoms with Gasteiger partial charge in [0, 0.05) is 28.3 Å². The fourth-order valence-electron chi connectivity index (χ4n) is 1.55. The number of halogens is 1. The van der Waals surface area contributed by atoms with Crippen LogP contribution >= 0.6 is 15.9 Å². The summed E-state index contributed by atoms with van der Waals surface area (Å²) in [4.78, 5) is 0. The zero-order chi connectivity index (χ0) is 9.52. The summed E-state index contributed by atoms with van der Waals surface area (Å²) in [5.74, 6) is 0. The third kappa shape index (κ3) is 1.58. The molecule has 0 N–H and O–H groups in total. The molecule has 0 bridgehead atoms. The first-order valence-electron chi connectivity index (χ1n) is 4.16. The Balaban J connectivity index is 3.32. The van der Waals surface area contributed by atoms with Crippen molar-refractivity contribution in [2.24, 2.45) is 7.05 Å². The van der Waals surface area contributed by atoms with Crippen LogP contribution in [0.1, 0.15) is 32.2 Å². The second-order valence-electron chi connectivity index (χ2n) is 4.29. The van der Waals surface area contributed by atoms with Gasteiger partial charge >= 0.3 is 0 Å². The molecule has 0 aliphatic rings. The van der Waals surface area contributed by atoms with E-state index in [-0.39, 0.29) is 5.41 Å². The molecule has 0 aromatic carbocycles. The van der Waals surface area contributed by atoms with E-state index >= 15 is 0 Å². The van der Waals surface area contributed by atoms with Gasteiger partial charge in [-0.1, -0.05) is 20.8 Å². The summed E-state index contributed by atoms with van der Waals surface area (Å²) in [7, 11) is 2.11. The van der Waals surface area contributed by atoms with E-state index in [9.17, 15) is 0 Å². The average Bonchev–Trinajstić information content (AvgIpc) is 2.05. The first-order chi connectivity index (χ1) is 5.34. The van der Waals surface area contributed by atoms with E-state index in [1.165, 1.54) is 15.9 Å². The summed E-state index contributed by atoms with van der Waals surface area (Å²) < 4.78 is 3.46. The van der Waals surface area contributed by atoms with Crippen LogP contribution in [0.15, 0.2) is 10.5 Å². The highest BCUT2D eigenvalue weighted by Crippen LogP contribution is 2.31. The minimum Gasteiger partial charge on any atom is -0.350 e. The van der Waals surface area contributed by atoms with Crippen molar-refractivity contribution in [3.05, 3.63) is 21.9 Å².